The number of aryl methyl sites for hydroxylation is 1. The second-order valence-electron chi connectivity index (χ2n) is 3.53. The van der Waals surface area contributed by atoms with Crippen molar-refractivity contribution in [3.63, 3.8) is 0 Å². The zero-order chi connectivity index (χ0) is 11.7. The lowest BCUT2D eigenvalue weighted by Gasteiger charge is -1.97. The van der Waals surface area contributed by atoms with Crippen molar-refractivity contribution < 1.29 is 13.9 Å². The molecule has 2 aromatic rings. The van der Waals surface area contributed by atoms with E-state index >= 15 is 0 Å². The Labute approximate surface area is 105 Å². The quantitative estimate of drug-likeness (QED) is 0.469. The highest BCUT2D eigenvalue weighted by molar-refractivity contribution is 5.91. The van der Waals surface area contributed by atoms with Crippen molar-refractivity contribution in [2.24, 2.45) is 0 Å². The van der Waals surface area contributed by atoms with E-state index < -0.39 is 0 Å². The van der Waals surface area contributed by atoms with Gasteiger partial charge in [-0.1, -0.05) is 18.2 Å². The zero-order valence-electron chi connectivity index (χ0n) is 9.47. The molecule has 0 unspecified atom stereocenters. The number of ketones is 1. The van der Waals surface area contributed by atoms with Gasteiger partial charge in [-0.25, -0.2) is 0 Å². The van der Waals surface area contributed by atoms with E-state index in [0.717, 1.165) is 0 Å². The first-order valence-corrected chi connectivity index (χ1v) is 4.90. The average Bonchev–Trinajstić information content (AvgIpc) is 2.55. The zero-order valence-corrected chi connectivity index (χ0v) is 10.3. The highest BCUT2D eigenvalue weighted by Gasteiger charge is 2.26. The van der Waals surface area contributed by atoms with Crippen molar-refractivity contribution in [2.45, 2.75) is 13.8 Å². The number of halogens is 1. The molecule has 5 heteroatoms. The van der Waals surface area contributed by atoms with E-state index in [2.05, 4.69) is 0 Å². The lowest BCUT2D eigenvalue weighted by Crippen LogP contribution is -2.33. The molecule has 1 heterocycles. The summed E-state index contributed by atoms with van der Waals surface area (Å²) in [5.74, 6) is 0.211. The summed E-state index contributed by atoms with van der Waals surface area (Å²) in [6.07, 6.45) is 0. The molecular weight excluding hydrogens is 242 g/mol. The fourth-order valence-electron chi connectivity index (χ4n) is 1.63. The summed E-state index contributed by atoms with van der Waals surface area (Å²) in [5, 5.41) is 11.8. The molecule has 4 nitrogen and oxygen atoms in total. The first kappa shape index (κ1) is 13.3. The van der Waals surface area contributed by atoms with Crippen LogP contribution in [0.4, 0.5) is 0 Å². The molecule has 0 amide bonds. The molecule has 0 bridgehead atoms. The third kappa shape index (κ3) is 2.31. The van der Waals surface area contributed by atoms with E-state index in [9.17, 15) is 10.0 Å². The maximum atomic E-state index is 11.8. The van der Waals surface area contributed by atoms with Crippen LogP contribution in [0.1, 0.15) is 23.2 Å². The maximum Gasteiger partial charge on any atom is 0.392 e. The molecule has 0 aliphatic carbocycles. The van der Waals surface area contributed by atoms with Gasteiger partial charge in [0, 0.05) is 13.8 Å². The Morgan fingerprint density at radius 3 is 2.35 bits per heavy atom. The molecule has 0 radical (unpaired) electrons. The van der Waals surface area contributed by atoms with Crippen LogP contribution in [0.3, 0.4) is 0 Å². The summed E-state index contributed by atoms with van der Waals surface area (Å²) in [5.41, 5.74) is 0.729. The van der Waals surface area contributed by atoms with Gasteiger partial charge in [-0.2, -0.15) is 0 Å². The van der Waals surface area contributed by atoms with Crippen LogP contribution in [0, 0.1) is 12.1 Å². The number of carbonyl (C=O) groups is 1. The first-order valence-electron chi connectivity index (χ1n) is 4.90. The molecule has 90 valence electrons. The molecule has 0 spiro atoms. The summed E-state index contributed by atoms with van der Waals surface area (Å²) in [4.78, 5) is 11.3. The number of rotatable bonds is 2. The lowest BCUT2D eigenvalue weighted by atomic mass is 10.2. The number of Topliss-reactive ketones (excluding diaryl/α,β-unsaturated/α-hetero) is 1. The van der Waals surface area contributed by atoms with E-state index in [1.165, 1.54) is 6.92 Å². The number of carbonyl (C=O) groups excluding carboxylic acids is 1. The molecule has 0 fully saturated rings. The SMILES string of the molecule is CC(=O)c1c(C)oc(-c2ccccc2)[n+]1[O-].Cl. The summed E-state index contributed by atoms with van der Waals surface area (Å²) in [6.45, 7) is 2.96. The molecule has 0 atom stereocenters. The van der Waals surface area contributed by atoms with Gasteiger partial charge in [0.1, 0.15) is 0 Å². The number of aromatic nitrogens is 1. The van der Waals surface area contributed by atoms with E-state index in [1.807, 2.05) is 6.07 Å². The van der Waals surface area contributed by atoms with Crippen molar-refractivity contribution in [3.8, 4) is 11.5 Å². The minimum Gasteiger partial charge on any atom is -0.615 e. The Kier molecular flexibility index (Phi) is 3.91. The highest BCUT2D eigenvalue weighted by atomic mass is 35.5. The molecule has 0 saturated carbocycles. The van der Waals surface area contributed by atoms with Crippen molar-refractivity contribution >= 4 is 18.2 Å². The second-order valence-corrected chi connectivity index (χ2v) is 3.53. The standard InChI is InChI=1S/C12H11NO3.ClH/c1-8(14)11-9(2)16-12(13(11)15)10-6-4-3-5-7-10;/h3-7H,1-2H3;1H. The number of oxazole rings is 1. The van der Waals surface area contributed by atoms with Crippen LogP contribution in [-0.4, -0.2) is 5.78 Å². The van der Waals surface area contributed by atoms with Gasteiger partial charge in [-0.05, 0) is 12.1 Å². The van der Waals surface area contributed by atoms with E-state index in [0.29, 0.717) is 16.1 Å². The van der Waals surface area contributed by atoms with Gasteiger partial charge < -0.3 is 9.62 Å². The van der Waals surface area contributed by atoms with Crippen LogP contribution in [0.15, 0.2) is 34.7 Å². The Bertz CT molecular complexity index is 534. The Balaban J connectivity index is 0.00000144. The summed E-state index contributed by atoms with van der Waals surface area (Å²) in [7, 11) is 0. The van der Waals surface area contributed by atoms with Crippen molar-refractivity contribution in [3.05, 3.63) is 47.0 Å². The first-order chi connectivity index (χ1) is 7.61. The van der Waals surface area contributed by atoms with E-state index in [4.69, 9.17) is 4.42 Å². The molecular formula is C12H12ClNO3. The monoisotopic (exact) mass is 253 g/mol. The van der Waals surface area contributed by atoms with Gasteiger partial charge in [0.25, 0.3) is 0 Å². The summed E-state index contributed by atoms with van der Waals surface area (Å²) >= 11 is 0. The van der Waals surface area contributed by atoms with Crippen molar-refractivity contribution in [2.75, 3.05) is 0 Å². The number of nitrogens with zero attached hydrogens (tertiary/aromatic N) is 1. The fraction of sp³-hybridized carbons (Fsp3) is 0.167. The normalized spacial score (nSPS) is 9.76. The fourth-order valence-corrected chi connectivity index (χ4v) is 1.63. The highest BCUT2D eigenvalue weighted by Crippen LogP contribution is 2.19. The number of hydrogen-bond donors (Lipinski definition) is 0. The molecule has 0 aliphatic rings. The number of hydrogen-bond acceptors (Lipinski definition) is 3. The molecule has 0 N–H and O–H groups in total. The summed E-state index contributed by atoms with van der Waals surface area (Å²) in [6, 6.07) is 8.98. The topological polar surface area (TPSA) is 57.2 Å². The predicted octanol–water partition coefficient (Wildman–Crippen LogP) is 2.51. The van der Waals surface area contributed by atoms with Crippen LogP contribution in [-0.2, 0) is 0 Å². The van der Waals surface area contributed by atoms with Gasteiger partial charge in [0.05, 0.1) is 5.56 Å². The average molecular weight is 254 g/mol. The van der Waals surface area contributed by atoms with Crippen LogP contribution in [0.25, 0.3) is 11.5 Å². The third-order valence-electron chi connectivity index (χ3n) is 2.33. The molecule has 1 aromatic heterocycles. The minimum absolute atomic E-state index is 0. The number of benzene rings is 1. The van der Waals surface area contributed by atoms with Crippen LogP contribution < -0.4 is 4.73 Å². The molecule has 17 heavy (non-hydrogen) atoms. The third-order valence-corrected chi connectivity index (χ3v) is 2.33. The Hall–Kier alpha value is -1.81. The lowest BCUT2D eigenvalue weighted by molar-refractivity contribution is -0.598. The second kappa shape index (κ2) is 5.01. The smallest absolute Gasteiger partial charge is 0.392 e. The van der Waals surface area contributed by atoms with E-state index in [-0.39, 0.29) is 29.8 Å². The molecule has 0 aliphatic heterocycles. The van der Waals surface area contributed by atoms with Gasteiger partial charge >= 0.3 is 11.6 Å². The van der Waals surface area contributed by atoms with Gasteiger partial charge in [0.15, 0.2) is 5.76 Å². The Morgan fingerprint density at radius 1 is 1.29 bits per heavy atom. The van der Waals surface area contributed by atoms with Crippen LogP contribution in [0.5, 0.6) is 0 Å². The van der Waals surface area contributed by atoms with Gasteiger partial charge in [0.2, 0.25) is 5.78 Å². The van der Waals surface area contributed by atoms with Gasteiger partial charge in [-0.15, -0.1) is 17.1 Å². The maximum absolute atomic E-state index is 11.8. The molecule has 0 saturated heterocycles. The summed E-state index contributed by atoms with van der Waals surface area (Å²) < 4.78 is 5.87. The largest absolute Gasteiger partial charge is 0.615 e. The van der Waals surface area contributed by atoms with Crippen LogP contribution in [0.2, 0.25) is 0 Å². The van der Waals surface area contributed by atoms with Gasteiger partial charge in [-0.3, -0.25) is 4.79 Å². The van der Waals surface area contributed by atoms with Crippen LogP contribution >= 0.6 is 12.4 Å². The van der Waals surface area contributed by atoms with E-state index in [1.54, 1.807) is 31.2 Å². The predicted molar refractivity (Wildman–Crippen MR) is 65.1 cm³/mol. The Morgan fingerprint density at radius 2 is 1.88 bits per heavy atom. The molecule has 1 aromatic carbocycles. The van der Waals surface area contributed by atoms with Crippen molar-refractivity contribution in [1.82, 2.24) is 0 Å². The minimum atomic E-state index is -0.293. The molecule has 2 rings (SSSR count). The van der Waals surface area contributed by atoms with Crippen molar-refractivity contribution in [1.29, 1.82) is 0 Å².